The Bertz CT molecular complexity index is 1030. The maximum absolute atomic E-state index is 5.21. The van der Waals surface area contributed by atoms with Gasteiger partial charge in [-0.25, -0.2) is 4.68 Å². The second-order valence-corrected chi connectivity index (χ2v) is 7.02. The highest BCUT2D eigenvalue weighted by Gasteiger charge is 2.18. The van der Waals surface area contributed by atoms with Crippen LogP contribution in [0.5, 0.6) is 5.75 Å². The molecule has 0 aliphatic heterocycles. The molecule has 25 heavy (non-hydrogen) atoms. The molecule has 3 heterocycles. The maximum Gasteiger partial charge on any atom is 0.234 e. The van der Waals surface area contributed by atoms with Gasteiger partial charge in [0.25, 0.3) is 0 Å². The zero-order valence-electron chi connectivity index (χ0n) is 14.5. The van der Waals surface area contributed by atoms with Crippen molar-refractivity contribution in [2.45, 2.75) is 26.7 Å². The summed E-state index contributed by atoms with van der Waals surface area (Å²) >= 11 is 1.52. The van der Waals surface area contributed by atoms with Crippen LogP contribution < -0.4 is 4.74 Å². The molecule has 128 valence electrons. The molecule has 0 bridgehead atoms. The lowest BCUT2D eigenvalue weighted by molar-refractivity contribution is 0.414. The van der Waals surface area contributed by atoms with E-state index in [2.05, 4.69) is 29.1 Å². The topological polar surface area (TPSA) is 70.1 Å². The Kier molecular flexibility index (Phi) is 3.76. The van der Waals surface area contributed by atoms with E-state index in [1.54, 1.807) is 7.11 Å². The standard InChI is InChI=1S/C17H18N6OS/c1-10(2)15-19-20-17-23(15)21-16(25-17)14-9-18-22(11(14)3)12-5-7-13(24-4)8-6-12/h5-10H,1-4H3. The van der Waals surface area contributed by atoms with Crippen LogP contribution in [-0.2, 0) is 0 Å². The summed E-state index contributed by atoms with van der Waals surface area (Å²) < 4.78 is 8.94. The number of benzene rings is 1. The lowest BCUT2D eigenvalue weighted by atomic mass is 10.2. The van der Waals surface area contributed by atoms with E-state index in [1.165, 1.54) is 11.3 Å². The highest BCUT2D eigenvalue weighted by atomic mass is 32.1. The number of aromatic nitrogens is 6. The summed E-state index contributed by atoms with van der Waals surface area (Å²) in [6, 6.07) is 7.82. The monoisotopic (exact) mass is 354 g/mol. The van der Waals surface area contributed by atoms with Gasteiger partial charge in [0.05, 0.1) is 30.3 Å². The first-order valence-corrected chi connectivity index (χ1v) is 8.81. The number of methoxy groups -OCH3 is 1. The molecule has 7 nitrogen and oxygen atoms in total. The molecule has 4 aromatic rings. The summed E-state index contributed by atoms with van der Waals surface area (Å²) in [6.45, 7) is 6.21. The average Bonchev–Trinajstić information content (AvgIpc) is 3.28. The quantitative estimate of drug-likeness (QED) is 0.561. The lowest BCUT2D eigenvalue weighted by Gasteiger charge is -2.06. The third-order valence-electron chi connectivity index (χ3n) is 4.09. The number of fused-ring (bicyclic) bond motifs is 1. The Balaban J connectivity index is 1.75. The van der Waals surface area contributed by atoms with E-state index in [0.29, 0.717) is 0 Å². The van der Waals surface area contributed by atoms with Gasteiger partial charge < -0.3 is 4.74 Å². The first-order chi connectivity index (χ1) is 12.1. The van der Waals surface area contributed by atoms with E-state index >= 15 is 0 Å². The van der Waals surface area contributed by atoms with Crippen LogP contribution in [0.15, 0.2) is 30.5 Å². The summed E-state index contributed by atoms with van der Waals surface area (Å²) in [5, 5.41) is 18.6. The molecule has 0 spiro atoms. The molecular weight excluding hydrogens is 336 g/mol. The molecule has 0 N–H and O–H groups in total. The third-order valence-corrected chi connectivity index (χ3v) is 5.02. The van der Waals surface area contributed by atoms with E-state index in [1.807, 2.05) is 46.6 Å². The molecule has 3 aromatic heterocycles. The predicted octanol–water partition coefficient (Wildman–Crippen LogP) is 3.48. The second kappa shape index (κ2) is 5.96. The minimum absolute atomic E-state index is 0.271. The Labute approximate surface area is 148 Å². The smallest absolute Gasteiger partial charge is 0.234 e. The number of rotatable bonds is 4. The van der Waals surface area contributed by atoms with E-state index in [4.69, 9.17) is 9.84 Å². The first-order valence-electron chi connectivity index (χ1n) is 8.00. The summed E-state index contributed by atoms with van der Waals surface area (Å²) in [4.78, 5) is 0.801. The molecule has 8 heteroatoms. The van der Waals surface area contributed by atoms with Crippen molar-refractivity contribution in [3.63, 3.8) is 0 Å². The Morgan fingerprint density at radius 1 is 1.12 bits per heavy atom. The number of hydrogen-bond donors (Lipinski definition) is 0. The SMILES string of the molecule is COc1ccc(-n2ncc(-c3nn4c(C(C)C)nnc4s3)c2C)cc1. The fourth-order valence-electron chi connectivity index (χ4n) is 2.70. The molecule has 0 radical (unpaired) electrons. The maximum atomic E-state index is 5.21. The molecule has 4 rings (SSSR count). The van der Waals surface area contributed by atoms with E-state index in [9.17, 15) is 0 Å². The third kappa shape index (κ3) is 2.58. The van der Waals surface area contributed by atoms with Crippen LogP contribution in [0.2, 0.25) is 0 Å². The zero-order valence-corrected chi connectivity index (χ0v) is 15.3. The van der Waals surface area contributed by atoms with Gasteiger partial charge in [-0.2, -0.15) is 14.7 Å². The van der Waals surface area contributed by atoms with Crippen molar-refractivity contribution in [3.05, 3.63) is 42.0 Å². The van der Waals surface area contributed by atoms with Gasteiger partial charge in [-0.05, 0) is 31.2 Å². The predicted molar refractivity (Wildman–Crippen MR) is 96.6 cm³/mol. The van der Waals surface area contributed by atoms with Crippen LogP contribution in [0.4, 0.5) is 0 Å². The van der Waals surface area contributed by atoms with Gasteiger partial charge in [-0.3, -0.25) is 0 Å². The molecular formula is C17H18N6OS. The fraction of sp³-hybridized carbons (Fsp3) is 0.294. The zero-order chi connectivity index (χ0) is 17.6. The van der Waals surface area contributed by atoms with Gasteiger partial charge in [0.1, 0.15) is 5.75 Å². The fourth-order valence-corrected chi connectivity index (χ4v) is 3.61. The van der Waals surface area contributed by atoms with Crippen LogP contribution in [0.3, 0.4) is 0 Å². The normalized spacial score (nSPS) is 11.6. The minimum Gasteiger partial charge on any atom is -0.497 e. The van der Waals surface area contributed by atoms with Crippen molar-refractivity contribution in [1.82, 2.24) is 29.6 Å². The summed E-state index contributed by atoms with van der Waals surface area (Å²) in [5.41, 5.74) is 3.01. The van der Waals surface area contributed by atoms with Crippen molar-refractivity contribution in [3.8, 4) is 22.0 Å². The lowest BCUT2D eigenvalue weighted by Crippen LogP contribution is -1.99. The second-order valence-electron chi connectivity index (χ2n) is 6.07. The van der Waals surface area contributed by atoms with Gasteiger partial charge in [0.2, 0.25) is 4.96 Å². The van der Waals surface area contributed by atoms with E-state index in [-0.39, 0.29) is 5.92 Å². The van der Waals surface area contributed by atoms with Gasteiger partial charge in [-0.15, -0.1) is 10.2 Å². The molecule has 0 atom stereocenters. The highest BCUT2D eigenvalue weighted by molar-refractivity contribution is 7.19. The largest absolute Gasteiger partial charge is 0.497 e. The molecule has 0 saturated heterocycles. The van der Waals surface area contributed by atoms with Crippen molar-refractivity contribution < 1.29 is 4.74 Å². The number of hydrogen-bond acceptors (Lipinski definition) is 6. The van der Waals surface area contributed by atoms with Gasteiger partial charge in [-0.1, -0.05) is 25.2 Å². The first kappa shape index (κ1) is 15.8. The van der Waals surface area contributed by atoms with Crippen molar-refractivity contribution in [2.75, 3.05) is 7.11 Å². The van der Waals surface area contributed by atoms with Crippen LogP contribution in [0.1, 0.15) is 31.3 Å². The Hall–Kier alpha value is -2.74. The number of nitrogens with zero attached hydrogens (tertiary/aromatic N) is 6. The average molecular weight is 354 g/mol. The van der Waals surface area contributed by atoms with Gasteiger partial charge in [0, 0.05) is 5.92 Å². The van der Waals surface area contributed by atoms with Crippen LogP contribution in [0.25, 0.3) is 21.2 Å². The van der Waals surface area contributed by atoms with Crippen molar-refractivity contribution >= 4 is 16.3 Å². The van der Waals surface area contributed by atoms with Crippen molar-refractivity contribution in [2.24, 2.45) is 0 Å². The van der Waals surface area contributed by atoms with Crippen LogP contribution in [-0.4, -0.2) is 36.7 Å². The molecule has 0 amide bonds. The molecule has 1 aromatic carbocycles. The Morgan fingerprint density at radius 2 is 1.88 bits per heavy atom. The molecule has 0 saturated carbocycles. The summed E-state index contributed by atoms with van der Waals surface area (Å²) in [7, 11) is 1.66. The molecule has 0 unspecified atom stereocenters. The van der Waals surface area contributed by atoms with Crippen molar-refractivity contribution in [1.29, 1.82) is 0 Å². The summed E-state index contributed by atoms with van der Waals surface area (Å²) in [5.74, 6) is 1.97. The molecule has 0 aliphatic carbocycles. The highest BCUT2D eigenvalue weighted by Crippen LogP contribution is 2.30. The van der Waals surface area contributed by atoms with Gasteiger partial charge >= 0.3 is 0 Å². The van der Waals surface area contributed by atoms with Crippen LogP contribution >= 0.6 is 11.3 Å². The van der Waals surface area contributed by atoms with E-state index in [0.717, 1.165) is 38.5 Å². The minimum atomic E-state index is 0.271. The van der Waals surface area contributed by atoms with Crippen LogP contribution in [0, 0.1) is 6.92 Å². The Morgan fingerprint density at radius 3 is 2.56 bits per heavy atom. The van der Waals surface area contributed by atoms with Gasteiger partial charge in [0.15, 0.2) is 10.8 Å². The molecule has 0 aliphatic rings. The molecule has 0 fully saturated rings. The summed E-state index contributed by atoms with van der Waals surface area (Å²) in [6.07, 6.45) is 1.85. The number of ether oxygens (including phenoxy) is 1. The van der Waals surface area contributed by atoms with E-state index < -0.39 is 0 Å².